The molecule has 0 bridgehead atoms. The van der Waals surface area contributed by atoms with Crippen molar-refractivity contribution in [2.75, 3.05) is 6.54 Å². The maximum Gasteiger partial charge on any atom is 0.220 e. The number of carbonyl (C=O) groups is 1. The van der Waals surface area contributed by atoms with Gasteiger partial charge >= 0.3 is 0 Å². The first kappa shape index (κ1) is 25.3. The van der Waals surface area contributed by atoms with Gasteiger partial charge in [0.05, 0.1) is 12.1 Å². The Morgan fingerprint density at radius 3 is 2.42 bits per heavy atom. The van der Waals surface area contributed by atoms with Crippen LogP contribution in [0.5, 0.6) is 0 Å². The van der Waals surface area contributed by atoms with Crippen LogP contribution in [0, 0.1) is 17.6 Å². The fraction of sp³-hybridized carbons (Fsp3) is 0.519. The Morgan fingerprint density at radius 1 is 1.03 bits per heavy atom. The van der Waals surface area contributed by atoms with E-state index in [2.05, 4.69) is 29.7 Å². The summed E-state index contributed by atoms with van der Waals surface area (Å²) in [6.07, 6.45) is 6.25. The molecule has 1 aliphatic carbocycles. The molecule has 2 aromatic carbocycles. The van der Waals surface area contributed by atoms with Crippen molar-refractivity contribution in [2.45, 2.75) is 77.0 Å². The predicted molar refractivity (Wildman–Crippen MR) is 127 cm³/mol. The smallest absolute Gasteiger partial charge is 0.220 e. The molecule has 0 heterocycles. The Labute approximate surface area is 195 Å². The van der Waals surface area contributed by atoms with Gasteiger partial charge in [-0.05, 0) is 60.4 Å². The van der Waals surface area contributed by atoms with Gasteiger partial charge in [-0.2, -0.15) is 0 Å². The summed E-state index contributed by atoms with van der Waals surface area (Å²) in [6.45, 7) is 2.94. The summed E-state index contributed by atoms with van der Waals surface area (Å²) < 4.78 is 27.4. The zero-order chi connectivity index (χ0) is 23.6. The van der Waals surface area contributed by atoms with Crippen molar-refractivity contribution in [1.82, 2.24) is 10.6 Å². The summed E-state index contributed by atoms with van der Waals surface area (Å²) in [4.78, 5) is 12.7. The number of amides is 1. The molecule has 0 aliphatic heterocycles. The molecule has 0 saturated heterocycles. The van der Waals surface area contributed by atoms with E-state index in [1.807, 2.05) is 12.1 Å². The highest BCUT2D eigenvalue weighted by Crippen LogP contribution is 2.26. The van der Waals surface area contributed by atoms with Crippen LogP contribution in [0.1, 0.15) is 62.1 Å². The minimum atomic E-state index is -0.902. The van der Waals surface area contributed by atoms with Crippen molar-refractivity contribution in [3.63, 3.8) is 0 Å². The molecule has 33 heavy (non-hydrogen) atoms. The third-order valence-corrected chi connectivity index (χ3v) is 6.47. The number of nitrogens with one attached hydrogen (secondary N) is 2. The second-order valence-corrected chi connectivity index (χ2v) is 9.24. The minimum absolute atomic E-state index is 0.113. The van der Waals surface area contributed by atoms with Crippen LogP contribution in [-0.2, 0) is 24.2 Å². The summed E-state index contributed by atoms with van der Waals surface area (Å²) in [7, 11) is 0. The number of aryl methyl sites for hydroxylation is 1. The predicted octanol–water partition coefficient (Wildman–Crippen LogP) is 4.68. The fourth-order valence-corrected chi connectivity index (χ4v) is 4.65. The van der Waals surface area contributed by atoms with Crippen LogP contribution >= 0.6 is 0 Å². The number of aliphatic hydroxyl groups excluding tert-OH is 1. The number of hydrogen-bond acceptors (Lipinski definition) is 3. The number of halogens is 2. The lowest BCUT2D eigenvalue weighted by molar-refractivity contribution is -0.123. The number of hydrogen-bond donors (Lipinski definition) is 3. The molecule has 1 aliphatic rings. The Kier molecular flexibility index (Phi) is 9.82. The molecule has 0 radical (unpaired) electrons. The van der Waals surface area contributed by atoms with E-state index < -0.39 is 23.8 Å². The molecule has 2 atom stereocenters. The summed E-state index contributed by atoms with van der Waals surface area (Å²) in [6, 6.07) is 10.9. The van der Waals surface area contributed by atoms with Crippen molar-refractivity contribution in [3.05, 3.63) is 70.8 Å². The molecule has 6 heteroatoms. The molecule has 3 N–H and O–H groups in total. The molecule has 180 valence electrons. The van der Waals surface area contributed by atoms with Gasteiger partial charge in [0.2, 0.25) is 5.91 Å². The average Bonchev–Trinajstić information content (AvgIpc) is 2.78. The van der Waals surface area contributed by atoms with Crippen LogP contribution in [0.4, 0.5) is 8.78 Å². The third kappa shape index (κ3) is 8.52. The van der Waals surface area contributed by atoms with Gasteiger partial charge in [0.15, 0.2) is 0 Å². The van der Waals surface area contributed by atoms with Crippen molar-refractivity contribution >= 4 is 5.91 Å². The van der Waals surface area contributed by atoms with Crippen molar-refractivity contribution in [1.29, 1.82) is 0 Å². The molecule has 0 unspecified atom stereocenters. The highest BCUT2D eigenvalue weighted by Gasteiger charge is 2.24. The lowest BCUT2D eigenvalue weighted by atomic mass is 9.86. The molecule has 1 saturated carbocycles. The summed E-state index contributed by atoms with van der Waals surface area (Å²) >= 11 is 0. The van der Waals surface area contributed by atoms with Crippen LogP contribution in [-0.4, -0.2) is 29.7 Å². The first-order valence-corrected chi connectivity index (χ1v) is 12.1. The zero-order valence-corrected chi connectivity index (χ0v) is 19.5. The van der Waals surface area contributed by atoms with Crippen molar-refractivity contribution in [3.8, 4) is 0 Å². The van der Waals surface area contributed by atoms with E-state index in [9.17, 15) is 18.7 Å². The Hall–Kier alpha value is -2.31. The normalized spacial score (nSPS) is 16.4. The maximum atomic E-state index is 13.7. The summed E-state index contributed by atoms with van der Waals surface area (Å²) in [5.74, 6) is -1.08. The van der Waals surface area contributed by atoms with Crippen LogP contribution in [0.15, 0.2) is 42.5 Å². The molecule has 1 fully saturated rings. The SMILES string of the molecule is CCc1cccc(CNC[C@@H](O)[C@H](Cc2cc(F)cc(F)c2)NC(=O)CC2CCCCC2)c1. The number of rotatable bonds is 11. The van der Waals surface area contributed by atoms with E-state index in [1.54, 1.807) is 0 Å². The molecule has 2 aromatic rings. The lowest BCUT2D eigenvalue weighted by Crippen LogP contribution is -2.49. The van der Waals surface area contributed by atoms with Gasteiger partial charge in [0.1, 0.15) is 11.6 Å². The Morgan fingerprint density at radius 2 is 1.73 bits per heavy atom. The average molecular weight is 459 g/mol. The van der Waals surface area contributed by atoms with Gasteiger partial charge in [0.25, 0.3) is 0 Å². The van der Waals surface area contributed by atoms with Gasteiger partial charge in [0, 0.05) is 25.6 Å². The van der Waals surface area contributed by atoms with Gasteiger partial charge in [-0.15, -0.1) is 0 Å². The van der Waals surface area contributed by atoms with E-state index >= 15 is 0 Å². The van der Waals surface area contributed by atoms with Crippen molar-refractivity contribution in [2.24, 2.45) is 5.92 Å². The number of carbonyl (C=O) groups excluding carboxylic acids is 1. The Bertz CT molecular complexity index is 879. The third-order valence-electron chi connectivity index (χ3n) is 6.47. The van der Waals surface area contributed by atoms with Crippen LogP contribution < -0.4 is 10.6 Å². The first-order valence-electron chi connectivity index (χ1n) is 12.1. The van der Waals surface area contributed by atoms with Gasteiger partial charge in [-0.1, -0.05) is 50.5 Å². The van der Waals surface area contributed by atoms with Gasteiger partial charge < -0.3 is 15.7 Å². The second-order valence-electron chi connectivity index (χ2n) is 9.24. The second kappa shape index (κ2) is 12.8. The molecular formula is C27H36F2N2O2. The fourth-order valence-electron chi connectivity index (χ4n) is 4.65. The van der Waals surface area contributed by atoms with E-state index in [-0.39, 0.29) is 18.9 Å². The van der Waals surface area contributed by atoms with Crippen LogP contribution in [0.2, 0.25) is 0 Å². The summed E-state index contributed by atoms with van der Waals surface area (Å²) in [5.41, 5.74) is 2.77. The molecular weight excluding hydrogens is 422 g/mol. The first-order chi connectivity index (χ1) is 15.9. The monoisotopic (exact) mass is 458 g/mol. The molecule has 0 aromatic heterocycles. The number of aliphatic hydroxyl groups is 1. The lowest BCUT2D eigenvalue weighted by Gasteiger charge is -2.27. The van der Waals surface area contributed by atoms with Gasteiger partial charge in [-0.25, -0.2) is 8.78 Å². The van der Waals surface area contributed by atoms with E-state index in [4.69, 9.17) is 0 Å². The number of benzene rings is 2. The quantitative estimate of drug-likeness (QED) is 0.458. The van der Waals surface area contributed by atoms with Gasteiger partial charge in [-0.3, -0.25) is 4.79 Å². The minimum Gasteiger partial charge on any atom is -0.390 e. The molecule has 4 nitrogen and oxygen atoms in total. The Balaban J connectivity index is 1.61. The standard InChI is InChI=1S/C27H36F2N2O2/c1-2-19-9-6-10-21(11-19)17-30-18-26(32)25(14-22-12-23(28)16-24(29)13-22)31-27(33)15-20-7-4-3-5-8-20/h6,9-13,16,20,25-26,30,32H,2-5,7-8,14-15,17-18H2,1H3,(H,31,33)/t25-,26+/m0/s1. The molecule has 0 spiro atoms. The van der Waals surface area contributed by atoms with Crippen molar-refractivity contribution < 1.29 is 18.7 Å². The van der Waals surface area contributed by atoms with E-state index in [0.29, 0.717) is 24.4 Å². The molecule has 3 rings (SSSR count). The van der Waals surface area contributed by atoms with Crippen LogP contribution in [0.3, 0.4) is 0 Å². The topological polar surface area (TPSA) is 61.4 Å². The van der Waals surface area contributed by atoms with E-state index in [1.165, 1.54) is 24.1 Å². The van der Waals surface area contributed by atoms with Crippen LogP contribution in [0.25, 0.3) is 0 Å². The van der Waals surface area contributed by atoms with E-state index in [0.717, 1.165) is 43.7 Å². The maximum absolute atomic E-state index is 13.7. The highest BCUT2D eigenvalue weighted by atomic mass is 19.1. The zero-order valence-electron chi connectivity index (χ0n) is 19.5. The largest absolute Gasteiger partial charge is 0.390 e. The summed E-state index contributed by atoms with van der Waals surface area (Å²) in [5, 5.41) is 17.1. The highest BCUT2D eigenvalue weighted by molar-refractivity contribution is 5.76. The molecule has 1 amide bonds.